The van der Waals surface area contributed by atoms with Crippen LogP contribution in [0.2, 0.25) is 0 Å². The highest BCUT2D eigenvalue weighted by Gasteiger charge is 2.23. The van der Waals surface area contributed by atoms with Crippen LogP contribution in [0.3, 0.4) is 0 Å². The summed E-state index contributed by atoms with van der Waals surface area (Å²) in [5.41, 5.74) is 3.32. The largest absolute Gasteiger partial charge is 0.362 e. The second-order valence-electron chi connectivity index (χ2n) is 8.93. The number of rotatable bonds is 5. The van der Waals surface area contributed by atoms with Gasteiger partial charge in [0.05, 0.1) is 10.5 Å². The maximum atomic E-state index is 13.0. The molecule has 2 aromatic rings. The van der Waals surface area contributed by atoms with Crippen LogP contribution in [0.15, 0.2) is 39.6 Å². The summed E-state index contributed by atoms with van der Waals surface area (Å²) in [7, 11) is -1.91. The van der Waals surface area contributed by atoms with Crippen molar-refractivity contribution < 1.29 is 13.2 Å². The van der Waals surface area contributed by atoms with Gasteiger partial charge in [-0.1, -0.05) is 19.3 Å². The molecule has 1 aliphatic heterocycles. The van der Waals surface area contributed by atoms with E-state index in [1.165, 1.54) is 31.4 Å². The number of sulfonamides is 1. The molecule has 1 aromatic carbocycles. The first-order valence-corrected chi connectivity index (χ1v) is 12.8. The minimum absolute atomic E-state index is 0.124. The van der Waals surface area contributed by atoms with Gasteiger partial charge in [-0.3, -0.25) is 4.79 Å². The molecule has 1 saturated heterocycles. The fourth-order valence-corrected chi connectivity index (χ4v) is 6.01. The van der Waals surface area contributed by atoms with E-state index >= 15 is 0 Å². The van der Waals surface area contributed by atoms with E-state index in [0.717, 1.165) is 37.2 Å². The van der Waals surface area contributed by atoms with Crippen LogP contribution in [0.25, 0.3) is 0 Å². The molecule has 1 aromatic heterocycles. The second-order valence-corrected chi connectivity index (χ2v) is 10.5. The molecule has 0 radical (unpaired) electrons. The summed E-state index contributed by atoms with van der Waals surface area (Å²) >= 11 is 0. The van der Waals surface area contributed by atoms with Crippen molar-refractivity contribution in [2.45, 2.75) is 69.7 Å². The molecule has 0 unspecified atom stereocenters. The molecule has 2 aliphatic rings. The average molecular weight is 457 g/mol. The zero-order chi connectivity index (χ0) is 22.9. The van der Waals surface area contributed by atoms with Crippen molar-refractivity contribution in [1.29, 1.82) is 0 Å². The molecule has 8 heteroatoms. The number of aromatic nitrogens is 1. The van der Waals surface area contributed by atoms with Crippen LogP contribution in [0.5, 0.6) is 0 Å². The van der Waals surface area contributed by atoms with Crippen molar-refractivity contribution in [1.82, 2.24) is 9.47 Å². The first-order valence-electron chi connectivity index (χ1n) is 11.4. The average Bonchev–Trinajstić information content (AvgIpc) is 3.30. The third-order valence-electron chi connectivity index (χ3n) is 6.64. The number of nitrogens with one attached hydrogen (secondary N) is 1. The third-order valence-corrected chi connectivity index (χ3v) is 7.96. The lowest BCUT2D eigenvalue weighted by Gasteiger charge is -2.26. The molecule has 2 fully saturated rings. The van der Waals surface area contributed by atoms with Gasteiger partial charge in [-0.05, 0) is 63.4 Å². The van der Waals surface area contributed by atoms with Gasteiger partial charge in [0.25, 0.3) is 15.9 Å². The van der Waals surface area contributed by atoms with E-state index in [1.54, 1.807) is 12.1 Å². The number of hydrogen-bond acceptors (Lipinski definition) is 3. The summed E-state index contributed by atoms with van der Waals surface area (Å²) < 4.78 is 31.5. The molecule has 1 N–H and O–H groups in total. The van der Waals surface area contributed by atoms with Crippen molar-refractivity contribution >= 4 is 27.5 Å². The molecular formula is C24H32N4O3S. The topological polar surface area (TPSA) is 83.8 Å². The van der Waals surface area contributed by atoms with Gasteiger partial charge >= 0.3 is 0 Å². The monoisotopic (exact) mass is 456 g/mol. The van der Waals surface area contributed by atoms with Gasteiger partial charge in [-0.2, -0.15) is 8.42 Å². The summed E-state index contributed by atoms with van der Waals surface area (Å²) in [5, 5.41) is 2.91. The van der Waals surface area contributed by atoms with Gasteiger partial charge in [-0.25, -0.2) is 0 Å². The minimum Gasteiger partial charge on any atom is -0.362 e. The predicted octanol–water partition coefficient (Wildman–Crippen LogP) is 4.68. The van der Waals surface area contributed by atoms with E-state index in [-0.39, 0.29) is 10.8 Å². The summed E-state index contributed by atoms with van der Waals surface area (Å²) in [4.78, 5) is 15.0. The molecule has 1 saturated carbocycles. The Labute approximate surface area is 190 Å². The summed E-state index contributed by atoms with van der Waals surface area (Å²) in [6, 6.07) is 8.64. The van der Waals surface area contributed by atoms with Gasteiger partial charge in [0, 0.05) is 43.1 Å². The Kier molecular flexibility index (Phi) is 6.42. The minimum atomic E-state index is -3.77. The van der Waals surface area contributed by atoms with E-state index in [2.05, 4.69) is 21.2 Å². The molecule has 0 atom stereocenters. The van der Waals surface area contributed by atoms with Crippen molar-refractivity contribution in [3.8, 4) is 0 Å². The van der Waals surface area contributed by atoms with Crippen molar-refractivity contribution in [2.75, 3.05) is 18.9 Å². The van der Waals surface area contributed by atoms with Crippen LogP contribution >= 0.6 is 0 Å². The molecule has 4 rings (SSSR count). The first kappa shape index (κ1) is 22.6. The molecule has 1 amide bonds. The number of carbonyl (C=O) groups excluding carboxylic acids is 1. The zero-order valence-electron chi connectivity index (χ0n) is 19.1. The third kappa shape index (κ3) is 4.60. The second kappa shape index (κ2) is 9.10. The normalized spacial score (nSPS) is 19.0. The van der Waals surface area contributed by atoms with Crippen LogP contribution < -0.4 is 5.32 Å². The van der Waals surface area contributed by atoms with Crippen LogP contribution in [-0.2, 0) is 10.0 Å². The molecule has 0 bridgehead atoms. The number of nitrogens with zero attached hydrogens (tertiary/aromatic N) is 3. The highest BCUT2D eigenvalue weighted by atomic mass is 32.2. The molecule has 0 spiro atoms. The lowest BCUT2D eigenvalue weighted by Crippen LogP contribution is -2.20. The number of aryl methyl sites for hydroxylation is 1. The van der Waals surface area contributed by atoms with E-state index in [9.17, 15) is 13.2 Å². The molecule has 172 valence electrons. The standard InChI is InChI=1S/C24H32N4O3S/c1-17-16-22(18(2)28(17)20-8-5-4-6-9-20)24(29)25-19-11-13-21(14-12-19)32(30,31)26-23-10-7-15-27(23)3/h11-14,16,20H,4-10,15H2,1-3H3,(H,25,29). The number of benzene rings is 1. The fourth-order valence-electron chi connectivity index (χ4n) is 4.92. The van der Waals surface area contributed by atoms with Crippen molar-refractivity contribution in [2.24, 2.45) is 4.40 Å². The molecule has 7 nitrogen and oxygen atoms in total. The SMILES string of the molecule is Cc1cc(C(=O)Nc2ccc(S(=O)(=O)N=C3CCCN3C)cc2)c(C)n1C1CCCCC1. The summed E-state index contributed by atoms with van der Waals surface area (Å²) in [6.45, 7) is 4.88. The number of anilines is 1. The van der Waals surface area contributed by atoms with Gasteiger partial charge in [0.2, 0.25) is 0 Å². The Morgan fingerprint density at radius 2 is 1.75 bits per heavy atom. The number of amidine groups is 1. The van der Waals surface area contributed by atoms with Gasteiger partial charge < -0.3 is 14.8 Å². The van der Waals surface area contributed by atoms with Crippen LogP contribution in [-0.4, -0.2) is 43.2 Å². The quantitative estimate of drug-likeness (QED) is 0.708. The maximum absolute atomic E-state index is 13.0. The Bertz CT molecular complexity index is 1130. The fraction of sp³-hybridized carbons (Fsp3) is 0.500. The highest BCUT2D eigenvalue weighted by Crippen LogP contribution is 2.32. The Hall–Kier alpha value is -2.61. The highest BCUT2D eigenvalue weighted by molar-refractivity contribution is 7.90. The smallest absolute Gasteiger partial charge is 0.283 e. The van der Waals surface area contributed by atoms with Crippen LogP contribution in [0, 0.1) is 13.8 Å². The van der Waals surface area contributed by atoms with E-state index in [0.29, 0.717) is 29.5 Å². The van der Waals surface area contributed by atoms with Crippen LogP contribution in [0.4, 0.5) is 5.69 Å². The van der Waals surface area contributed by atoms with Gasteiger partial charge in [0.15, 0.2) is 0 Å². The first-order chi connectivity index (χ1) is 15.3. The van der Waals surface area contributed by atoms with Crippen LogP contribution in [0.1, 0.15) is 72.7 Å². The Morgan fingerprint density at radius 1 is 1.06 bits per heavy atom. The predicted molar refractivity (Wildman–Crippen MR) is 127 cm³/mol. The van der Waals surface area contributed by atoms with Gasteiger partial charge in [-0.15, -0.1) is 4.40 Å². The van der Waals surface area contributed by atoms with Crippen molar-refractivity contribution in [3.05, 3.63) is 47.3 Å². The molecule has 2 heterocycles. The number of amides is 1. The molecule has 1 aliphatic carbocycles. The number of likely N-dealkylation sites (tertiary alicyclic amines) is 1. The number of carbonyl (C=O) groups is 1. The zero-order valence-corrected chi connectivity index (χ0v) is 19.9. The lowest BCUT2D eigenvalue weighted by atomic mass is 9.95. The summed E-state index contributed by atoms with van der Waals surface area (Å²) in [6.07, 6.45) is 7.67. The number of hydrogen-bond donors (Lipinski definition) is 1. The van der Waals surface area contributed by atoms with Crippen molar-refractivity contribution in [3.63, 3.8) is 0 Å². The lowest BCUT2D eigenvalue weighted by molar-refractivity contribution is 0.102. The van der Waals surface area contributed by atoms with E-state index in [1.807, 2.05) is 24.9 Å². The van der Waals surface area contributed by atoms with E-state index < -0.39 is 10.0 Å². The van der Waals surface area contributed by atoms with E-state index in [4.69, 9.17) is 0 Å². The molecule has 32 heavy (non-hydrogen) atoms. The Balaban J connectivity index is 1.49. The van der Waals surface area contributed by atoms with Gasteiger partial charge in [0.1, 0.15) is 5.84 Å². The maximum Gasteiger partial charge on any atom is 0.283 e. The summed E-state index contributed by atoms with van der Waals surface area (Å²) in [5.74, 6) is 0.416. The molecular weight excluding hydrogens is 424 g/mol. The Morgan fingerprint density at radius 3 is 2.38 bits per heavy atom.